The molecule has 0 unspecified atom stereocenters. The zero-order chi connectivity index (χ0) is 14.3. The predicted molar refractivity (Wildman–Crippen MR) is 70.7 cm³/mol. The number of rotatable bonds is 8. The number of carboxylic acid groups (broad SMARTS) is 1. The lowest BCUT2D eigenvalue weighted by Crippen LogP contribution is -2.27. The van der Waals surface area contributed by atoms with Crippen LogP contribution in [0.25, 0.3) is 0 Å². The number of benzene rings is 1. The van der Waals surface area contributed by atoms with Crippen LogP contribution in [0.1, 0.15) is 12.5 Å². The van der Waals surface area contributed by atoms with Crippen LogP contribution >= 0.6 is 0 Å². The molecule has 0 radical (unpaired) electrons. The second-order valence-electron chi connectivity index (χ2n) is 4.09. The summed E-state index contributed by atoms with van der Waals surface area (Å²) >= 11 is 0. The molecule has 1 aromatic carbocycles. The van der Waals surface area contributed by atoms with Gasteiger partial charge in [0.25, 0.3) is 0 Å². The Morgan fingerprint density at radius 3 is 2.79 bits per heavy atom. The van der Waals surface area contributed by atoms with Crippen LogP contribution in [-0.2, 0) is 11.3 Å². The molecule has 5 nitrogen and oxygen atoms in total. The van der Waals surface area contributed by atoms with E-state index in [1.54, 1.807) is 17.0 Å². The van der Waals surface area contributed by atoms with E-state index in [0.29, 0.717) is 25.3 Å². The summed E-state index contributed by atoms with van der Waals surface area (Å²) in [6.45, 7) is 3.00. The minimum atomic E-state index is -0.933. The number of aliphatic hydroxyl groups excluding tert-OH is 1. The van der Waals surface area contributed by atoms with E-state index < -0.39 is 5.97 Å². The second kappa shape index (κ2) is 7.70. The van der Waals surface area contributed by atoms with E-state index in [-0.39, 0.29) is 19.0 Å². The minimum Gasteiger partial charge on any atom is -0.480 e. The molecular formula is C13H19FN2O3. The van der Waals surface area contributed by atoms with Crippen molar-refractivity contribution >= 4 is 11.7 Å². The van der Waals surface area contributed by atoms with Crippen LogP contribution in [0.5, 0.6) is 0 Å². The molecule has 1 aromatic rings. The predicted octanol–water partition coefficient (Wildman–Crippen LogP) is 0.818. The molecule has 0 saturated heterocycles. The number of halogens is 1. The van der Waals surface area contributed by atoms with E-state index in [1.165, 1.54) is 6.07 Å². The number of nitrogens with one attached hydrogen (secondary N) is 1. The van der Waals surface area contributed by atoms with Crippen molar-refractivity contribution in [3.8, 4) is 0 Å². The third-order valence-corrected chi connectivity index (χ3v) is 2.71. The zero-order valence-corrected chi connectivity index (χ0v) is 10.9. The lowest BCUT2D eigenvalue weighted by atomic mass is 10.1. The first kappa shape index (κ1) is 15.4. The molecule has 0 spiro atoms. The molecule has 1 rings (SSSR count). The quantitative estimate of drug-likeness (QED) is 0.652. The van der Waals surface area contributed by atoms with Crippen LogP contribution in [0.3, 0.4) is 0 Å². The highest BCUT2D eigenvalue weighted by Gasteiger charge is 2.10. The van der Waals surface area contributed by atoms with Crippen LogP contribution < -0.4 is 10.2 Å². The summed E-state index contributed by atoms with van der Waals surface area (Å²) in [7, 11) is 0. The second-order valence-corrected chi connectivity index (χ2v) is 4.09. The van der Waals surface area contributed by atoms with Crippen molar-refractivity contribution in [1.29, 1.82) is 0 Å². The Hall–Kier alpha value is -1.66. The van der Waals surface area contributed by atoms with Crippen LogP contribution in [0.4, 0.5) is 10.1 Å². The Kier molecular flexibility index (Phi) is 6.24. The van der Waals surface area contributed by atoms with E-state index in [1.807, 2.05) is 6.92 Å². The number of aliphatic carboxylic acids is 1. The summed E-state index contributed by atoms with van der Waals surface area (Å²) < 4.78 is 13.7. The lowest BCUT2D eigenvalue weighted by Gasteiger charge is -2.23. The molecule has 6 heteroatoms. The number of carboxylic acids is 1. The van der Waals surface area contributed by atoms with Crippen LogP contribution in [0, 0.1) is 5.82 Å². The molecule has 0 saturated carbocycles. The molecule has 106 valence electrons. The van der Waals surface area contributed by atoms with E-state index in [4.69, 9.17) is 10.2 Å². The molecule has 0 aliphatic heterocycles. The van der Waals surface area contributed by atoms with Gasteiger partial charge < -0.3 is 20.4 Å². The van der Waals surface area contributed by atoms with Gasteiger partial charge >= 0.3 is 5.97 Å². The van der Waals surface area contributed by atoms with E-state index in [0.717, 1.165) is 5.56 Å². The van der Waals surface area contributed by atoms with Gasteiger partial charge in [-0.05, 0) is 24.6 Å². The first-order valence-corrected chi connectivity index (χ1v) is 6.15. The van der Waals surface area contributed by atoms with Crippen molar-refractivity contribution in [2.75, 3.05) is 31.1 Å². The highest BCUT2D eigenvalue weighted by Crippen LogP contribution is 2.20. The number of anilines is 1. The molecule has 0 heterocycles. The third kappa shape index (κ3) is 4.84. The molecule has 0 aliphatic rings. The van der Waals surface area contributed by atoms with Crippen molar-refractivity contribution in [3.05, 3.63) is 29.6 Å². The molecule has 0 atom stereocenters. The maximum absolute atomic E-state index is 13.7. The summed E-state index contributed by atoms with van der Waals surface area (Å²) in [5, 5.41) is 20.2. The SMILES string of the molecule is CCN(CCO)c1cc(CNCC(=O)O)ccc1F. The molecule has 0 amide bonds. The monoisotopic (exact) mass is 270 g/mol. The number of hydrogen-bond acceptors (Lipinski definition) is 4. The molecule has 19 heavy (non-hydrogen) atoms. The summed E-state index contributed by atoms with van der Waals surface area (Å²) in [5.74, 6) is -1.28. The standard InChI is InChI=1S/C13H19FN2O3/c1-2-16(5-6-17)12-7-10(3-4-11(12)14)8-15-9-13(18)19/h3-4,7,15,17H,2,5-6,8-9H2,1H3,(H,18,19). The highest BCUT2D eigenvalue weighted by atomic mass is 19.1. The average Bonchev–Trinajstić information content (AvgIpc) is 2.38. The molecule has 0 bridgehead atoms. The molecular weight excluding hydrogens is 251 g/mol. The van der Waals surface area contributed by atoms with Gasteiger partial charge in [0.15, 0.2) is 0 Å². The van der Waals surface area contributed by atoms with Crippen molar-refractivity contribution in [3.63, 3.8) is 0 Å². The van der Waals surface area contributed by atoms with Gasteiger partial charge in [0.1, 0.15) is 5.82 Å². The molecule has 0 fully saturated rings. The topological polar surface area (TPSA) is 72.8 Å². The van der Waals surface area contributed by atoms with E-state index >= 15 is 0 Å². The van der Waals surface area contributed by atoms with Crippen molar-refractivity contribution < 1.29 is 19.4 Å². The van der Waals surface area contributed by atoms with Crippen LogP contribution in [-0.4, -0.2) is 42.4 Å². The summed E-state index contributed by atoms with van der Waals surface area (Å²) in [6.07, 6.45) is 0. The fourth-order valence-electron chi connectivity index (χ4n) is 1.79. The zero-order valence-electron chi connectivity index (χ0n) is 10.9. The third-order valence-electron chi connectivity index (χ3n) is 2.71. The maximum Gasteiger partial charge on any atom is 0.317 e. The van der Waals surface area contributed by atoms with E-state index in [2.05, 4.69) is 5.32 Å². The average molecular weight is 270 g/mol. The smallest absolute Gasteiger partial charge is 0.317 e. The largest absolute Gasteiger partial charge is 0.480 e. The molecule has 0 aromatic heterocycles. The highest BCUT2D eigenvalue weighted by molar-refractivity contribution is 5.69. The fourth-order valence-corrected chi connectivity index (χ4v) is 1.79. The molecule has 0 aliphatic carbocycles. The van der Waals surface area contributed by atoms with Gasteiger partial charge in [0.2, 0.25) is 0 Å². The number of aliphatic hydroxyl groups is 1. The Balaban J connectivity index is 2.78. The summed E-state index contributed by atoms with van der Waals surface area (Å²) in [4.78, 5) is 12.1. The van der Waals surface area contributed by atoms with Gasteiger partial charge in [-0.3, -0.25) is 4.79 Å². The number of carbonyl (C=O) groups is 1. The van der Waals surface area contributed by atoms with Gasteiger partial charge in [-0.2, -0.15) is 0 Å². The Morgan fingerprint density at radius 1 is 1.47 bits per heavy atom. The van der Waals surface area contributed by atoms with E-state index in [9.17, 15) is 9.18 Å². The lowest BCUT2D eigenvalue weighted by molar-refractivity contribution is -0.135. The number of nitrogens with zero attached hydrogens (tertiary/aromatic N) is 1. The van der Waals surface area contributed by atoms with Gasteiger partial charge in [-0.1, -0.05) is 6.07 Å². The first-order valence-electron chi connectivity index (χ1n) is 6.15. The molecule has 3 N–H and O–H groups in total. The van der Waals surface area contributed by atoms with Crippen molar-refractivity contribution in [2.24, 2.45) is 0 Å². The van der Waals surface area contributed by atoms with Crippen molar-refractivity contribution in [2.45, 2.75) is 13.5 Å². The first-order chi connectivity index (χ1) is 9.08. The van der Waals surface area contributed by atoms with Gasteiger partial charge in [-0.25, -0.2) is 4.39 Å². The van der Waals surface area contributed by atoms with Gasteiger partial charge in [0.05, 0.1) is 18.8 Å². The Morgan fingerprint density at radius 2 is 2.21 bits per heavy atom. The Labute approximate surface area is 111 Å². The number of likely N-dealkylation sites (N-methyl/N-ethyl adjacent to an activating group) is 1. The number of hydrogen-bond donors (Lipinski definition) is 3. The van der Waals surface area contributed by atoms with Gasteiger partial charge in [-0.15, -0.1) is 0 Å². The normalized spacial score (nSPS) is 10.5. The van der Waals surface area contributed by atoms with Crippen LogP contribution in [0.2, 0.25) is 0 Å². The van der Waals surface area contributed by atoms with Crippen LogP contribution in [0.15, 0.2) is 18.2 Å². The maximum atomic E-state index is 13.7. The summed E-state index contributed by atoms with van der Waals surface area (Å²) in [6, 6.07) is 4.64. The Bertz CT molecular complexity index is 426. The fraction of sp³-hybridized carbons (Fsp3) is 0.462. The minimum absolute atomic E-state index is 0.0469. The van der Waals surface area contributed by atoms with Gasteiger partial charge in [0, 0.05) is 19.6 Å². The summed E-state index contributed by atoms with van der Waals surface area (Å²) in [5.41, 5.74) is 1.22. The van der Waals surface area contributed by atoms with Crippen molar-refractivity contribution in [1.82, 2.24) is 5.32 Å².